The van der Waals surface area contributed by atoms with Crippen LogP contribution >= 0.6 is 23.7 Å². The summed E-state index contributed by atoms with van der Waals surface area (Å²) in [5.41, 5.74) is 0. The van der Waals surface area contributed by atoms with Gasteiger partial charge in [0.1, 0.15) is 11.5 Å². The number of carbonyl (C=O) groups excluding carboxylic acids is 1. The van der Waals surface area contributed by atoms with E-state index in [1.807, 2.05) is 11.4 Å². The van der Waals surface area contributed by atoms with Gasteiger partial charge in [0.2, 0.25) is 0 Å². The first-order valence-electron chi connectivity index (χ1n) is 5.20. The summed E-state index contributed by atoms with van der Waals surface area (Å²) in [5, 5.41) is 1.88. The normalized spacial score (nSPS) is 9.94. The molecule has 0 N–H and O–H groups in total. The van der Waals surface area contributed by atoms with Gasteiger partial charge in [-0.2, -0.15) is 0 Å². The predicted molar refractivity (Wildman–Crippen MR) is 69.6 cm³/mol. The molecule has 1 heterocycles. The van der Waals surface area contributed by atoms with Crippen LogP contribution in [-0.4, -0.2) is 37.1 Å². The first-order valence-corrected chi connectivity index (χ1v) is 6.08. The molecular formula is C11H18ClNO2S. The van der Waals surface area contributed by atoms with Crippen LogP contribution in [0.3, 0.4) is 0 Å². The molecule has 0 fully saturated rings. The van der Waals surface area contributed by atoms with Crippen LogP contribution in [0.2, 0.25) is 0 Å². The van der Waals surface area contributed by atoms with Gasteiger partial charge in [-0.15, -0.1) is 23.7 Å². The first-order chi connectivity index (χ1) is 7.27. The summed E-state index contributed by atoms with van der Waals surface area (Å²) in [5.74, 6) is -0.211. The van der Waals surface area contributed by atoms with Crippen LogP contribution in [0.1, 0.15) is 23.5 Å². The molecule has 0 radical (unpaired) electrons. The van der Waals surface area contributed by atoms with Crippen molar-refractivity contribution in [2.24, 2.45) is 0 Å². The maximum Gasteiger partial charge on any atom is 0.348 e. The van der Waals surface area contributed by atoms with E-state index in [4.69, 9.17) is 4.74 Å². The minimum Gasteiger partial charge on any atom is -0.460 e. The summed E-state index contributed by atoms with van der Waals surface area (Å²) in [7, 11) is 0. The van der Waals surface area contributed by atoms with Gasteiger partial charge in [0.25, 0.3) is 0 Å². The fourth-order valence-corrected chi connectivity index (χ4v) is 1.89. The fourth-order valence-electron chi connectivity index (χ4n) is 1.27. The van der Waals surface area contributed by atoms with Gasteiger partial charge in [-0.05, 0) is 24.5 Å². The molecule has 16 heavy (non-hydrogen) atoms. The second-order valence-electron chi connectivity index (χ2n) is 3.14. The van der Waals surface area contributed by atoms with Crippen LogP contribution in [0.4, 0.5) is 0 Å². The van der Waals surface area contributed by atoms with E-state index in [0.29, 0.717) is 11.5 Å². The molecule has 0 spiro atoms. The number of carbonyl (C=O) groups is 1. The van der Waals surface area contributed by atoms with E-state index in [-0.39, 0.29) is 18.4 Å². The lowest BCUT2D eigenvalue weighted by molar-refractivity contribution is 0.0472. The molecule has 0 amide bonds. The Bertz CT molecular complexity index is 286. The third-order valence-electron chi connectivity index (χ3n) is 2.26. The zero-order valence-corrected chi connectivity index (χ0v) is 11.3. The maximum atomic E-state index is 11.4. The molecule has 0 bridgehead atoms. The lowest BCUT2D eigenvalue weighted by Gasteiger charge is -2.17. The van der Waals surface area contributed by atoms with E-state index in [9.17, 15) is 4.79 Å². The van der Waals surface area contributed by atoms with Gasteiger partial charge in [0.05, 0.1) is 0 Å². The lowest BCUT2D eigenvalue weighted by atomic mass is 10.4. The zero-order valence-electron chi connectivity index (χ0n) is 9.64. The van der Waals surface area contributed by atoms with E-state index in [1.54, 1.807) is 6.07 Å². The topological polar surface area (TPSA) is 29.5 Å². The first kappa shape index (κ1) is 15.4. The molecule has 0 aliphatic heterocycles. The standard InChI is InChI=1S/C11H17NO2S.ClH/c1-3-12(4-2)7-8-14-11(13)10-6-5-9-15-10;/h5-6,9H,3-4,7-8H2,1-2H3;1H. The zero-order chi connectivity index (χ0) is 11.1. The minimum atomic E-state index is -0.211. The number of halogens is 1. The van der Waals surface area contributed by atoms with Gasteiger partial charge < -0.3 is 9.64 Å². The van der Waals surface area contributed by atoms with Gasteiger partial charge in [-0.25, -0.2) is 4.79 Å². The van der Waals surface area contributed by atoms with Crippen LogP contribution in [0, 0.1) is 0 Å². The summed E-state index contributed by atoms with van der Waals surface area (Å²) in [6.45, 7) is 7.47. The molecule has 0 saturated heterocycles. The average Bonchev–Trinajstić information content (AvgIpc) is 2.77. The van der Waals surface area contributed by atoms with Gasteiger partial charge in [0, 0.05) is 6.54 Å². The van der Waals surface area contributed by atoms with E-state index in [0.717, 1.165) is 19.6 Å². The highest BCUT2D eigenvalue weighted by Crippen LogP contribution is 2.09. The van der Waals surface area contributed by atoms with Gasteiger partial charge >= 0.3 is 5.97 Å². The second-order valence-corrected chi connectivity index (χ2v) is 4.09. The maximum absolute atomic E-state index is 11.4. The van der Waals surface area contributed by atoms with E-state index < -0.39 is 0 Å². The Morgan fingerprint density at radius 1 is 1.44 bits per heavy atom. The van der Waals surface area contributed by atoms with Gasteiger partial charge in [0.15, 0.2) is 0 Å². The Morgan fingerprint density at radius 2 is 2.12 bits per heavy atom. The quantitative estimate of drug-likeness (QED) is 0.739. The molecule has 0 aliphatic carbocycles. The van der Waals surface area contributed by atoms with Gasteiger partial charge in [-0.3, -0.25) is 0 Å². The molecule has 0 atom stereocenters. The molecule has 1 rings (SSSR count). The van der Waals surface area contributed by atoms with E-state index in [1.165, 1.54) is 11.3 Å². The third kappa shape index (κ3) is 4.96. The van der Waals surface area contributed by atoms with Crippen molar-refractivity contribution in [2.45, 2.75) is 13.8 Å². The second kappa shape index (κ2) is 8.56. The molecule has 3 nitrogen and oxygen atoms in total. The number of likely N-dealkylation sites (N-methyl/N-ethyl adjacent to an activating group) is 1. The van der Waals surface area contributed by atoms with Crippen LogP contribution in [0.25, 0.3) is 0 Å². The van der Waals surface area contributed by atoms with Crippen molar-refractivity contribution in [3.05, 3.63) is 22.4 Å². The van der Waals surface area contributed by atoms with Crippen LogP contribution in [0.15, 0.2) is 17.5 Å². The highest BCUT2D eigenvalue weighted by molar-refractivity contribution is 7.11. The Labute approximate surface area is 107 Å². The average molecular weight is 264 g/mol. The van der Waals surface area contributed by atoms with Crippen molar-refractivity contribution in [3.63, 3.8) is 0 Å². The molecule has 0 aliphatic rings. The largest absolute Gasteiger partial charge is 0.460 e. The summed E-state index contributed by atoms with van der Waals surface area (Å²) in [6.07, 6.45) is 0. The molecule has 92 valence electrons. The van der Waals surface area contributed by atoms with Crippen LogP contribution in [-0.2, 0) is 4.74 Å². The third-order valence-corrected chi connectivity index (χ3v) is 3.11. The Morgan fingerprint density at radius 3 is 2.62 bits per heavy atom. The number of hydrogen-bond acceptors (Lipinski definition) is 4. The van der Waals surface area contributed by atoms with Crippen molar-refractivity contribution in [1.82, 2.24) is 4.90 Å². The summed E-state index contributed by atoms with van der Waals surface area (Å²) >= 11 is 1.41. The fraction of sp³-hybridized carbons (Fsp3) is 0.545. The van der Waals surface area contributed by atoms with Crippen molar-refractivity contribution in [1.29, 1.82) is 0 Å². The molecule has 5 heteroatoms. The molecule has 0 saturated carbocycles. The highest BCUT2D eigenvalue weighted by atomic mass is 35.5. The van der Waals surface area contributed by atoms with Gasteiger partial charge in [-0.1, -0.05) is 19.9 Å². The Kier molecular flexibility index (Phi) is 8.25. The smallest absolute Gasteiger partial charge is 0.348 e. The number of esters is 1. The molecule has 1 aromatic rings. The monoisotopic (exact) mass is 263 g/mol. The Balaban J connectivity index is 0.00000225. The number of ether oxygens (including phenoxy) is 1. The van der Waals surface area contributed by atoms with E-state index in [2.05, 4.69) is 18.7 Å². The van der Waals surface area contributed by atoms with Crippen molar-refractivity contribution in [2.75, 3.05) is 26.2 Å². The number of thiophene rings is 1. The molecule has 0 aromatic carbocycles. The minimum absolute atomic E-state index is 0. The van der Waals surface area contributed by atoms with Crippen molar-refractivity contribution < 1.29 is 9.53 Å². The SMILES string of the molecule is CCN(CC)CCOC(=O)c1cccs1.Cl. The number of rotatable bonds is 6. The van der Waals surface area contributed by atoms with Crippen molar-refractivity contribution in [3.8, 4) is 0 Å². The van der Waals surface area contributed by atoms with E-state index >= 15 is 0 Å². The predicted octanol–water partition coefficient (Wildman–Crippen LogP) is 2.67. The summed E-state index contributed by atoms with van der Waals surface area (Å²) in [4.78, 5) is 14.3. The molecule has 0 unspecified atom stereocenters. The summed E-state index contributed by atoms with van der Waals surface area (Å²) < 4.78 is 5.15. The summed E-state index contributed by atoms with van der Waals surface area (Å²) in [6, 6.07) is 3.63. The van der Waals surface area contributed by atoms with Crippen LogP contribution < -0.4 is 0 Å². The van der Waals surface area contributed by atoms with Crippen LogP contribution in [0.5, 0.6) is 0 Å². The number of hydrogen-bond donors (Lipinski definition) is 0. The molecule has 1 aromatic heterocycles. The Hall–Kier alpha value is -0.580. The van der Waals surface area contributed by atoms with Crippen molar-refractivity contribution >= 4 is 29.7 Å². The lowest BCUT2D eigenvalue weighted by Crippen LogP contribution is -2.27. The highest BCUT2D eigenvalue weighted by Gasteiger charge is 2.08. The number of nitrogens with zero attached hydrogens (tertiary/aromatic N) is 1. The molecular weight excluding hydrogens is 246 g/mol.